The highest BCUT2D eigenvalue weighted by Gasteiger charge is 2.41. The minimum Gasteiger partial charge on any atom is -0.481 e. The number of carbonyl (C=O) groups is 1. The molecule has 0 aliphatic heterocycles. The molecule has 2 aliphatic rings. The SMILES string of the molecule is O=C(O)C(CC1CC2CCC1C2)c1ccccc1Br. The van der Waals surface area contributed by atoms with Crippen LogP contribution in [0.25, 0.3) is 0 Å². The number of halogens is 1. The van der Waals surface area contributed by atoms with E-state index < -0.39 is 5.97 Å². The van der Waals surface area contributed by atoms with E-state index >= 15 is 0 Å². The van der Waals surface area contributed by atoms with E-state index in [0.717, 1.165) is 28.3 Å². The Morgan fingerprint density at radius 3 is 2.68 bits per heavy atom. The first kappa shape index (κ1) is 13.2. The lowest BCUT2D eigenvalue weighted by atomic mass is 9.80. The minimum atomic E-state index is -0.685. The third-order valence-corrected chi connectivity index (χ3v) is 5.72. The maximum absolute atomic E-state index is 11.6. The van der Waals surface area contributed by atoms with Crippen molar-refractivity contribution in [3.63, 3.8) is 0 Å². The molecule has 102 valence electrons. The van der Waals surface area contributed by atoms with Crippen LogP contribution in [-0.4, -0.2) is 11.1 Å². The van der Waals surface area contributed by atoms with Gasteiger partial charge in [-0.25, -0.2) is 0 Å². The van der Waals surface area contributed by atoms with Gasteiger partial charge < -0.3 is 5.11 Å². The van der Waals surface area contributed by atoms with E-state index in [4.69, 9.17) is 0 Å². The predicted molar refractivity (Wildman–Crippen MR) is 78.1 cm³/mol. The maximum atomic E-state index is 11.6. The molecule has 1 aromatic carbocycles. The van der Waals surface area contributed by atoms with Crippen LogP contribution in [0.5, 0.6) is 0 Å². The van der Waals surface area contributed by atoms with Crippen LogP contribution in [0.1, 0.15) is 43.6 Å². The fourth-order valence-electron chi connectivity index (χ4n) is 4.09. The van der Waals surface area contributed by atoms with Gasteiger partial charge in [0.15, 0.2) is 0 Å². The standard InChI is InChI=1S/C16H19BrO2/c17-15-4-2-1-3-13(15)14(16(18)19)9-12-8-10-5-6-11(12)7-10/h1-4,10-12,14H,5-9H2,(H,18,19). The summed E-state index contributed by atoms with van der Waals surface area (Å²) in [4.78, 5) is 11.6. The van der Waals surface area contributed by atoms with E-state index in [1.807, 2.05) is 24.3 Å². The first-order valence-electron chi connectivity index (χ1n) is 7.12. The number of hydrogen-bond donors (Lipinski definition) is 1. The lowest BCUT2D eigenvalue weighted by Crippen LogP contribution is -2.20. The maximum Gasteiger partial charge on any atom is 0.311 e. The summed E-state index contributed by atoms with van der Waals surface area (Å²) in [5, 5.41) is 9.56. The molecule has 2 aliphatic carbocycles. The molecule has 0 saturated heterocycles. The van der Waals surface area contributed by atoms with Crippen molar-refractivity contribution in [3.05, 3.63) is 34.3 Å². The summed E-state index contributed by atoms with van der Waals surface area (Å²) in [6.45, 7) is 0. The molecule has 3 heteroatoms. The summed E-state index contributed by atoms with van der Waals surface area (Å²) in [6, 6.07) is 7.74. The number of aliphatic carboxylic acids is 1. The molecule has 2 bridgehead atoms. The summed E-state index contributed by atoms with van der Waals surface area (Å²) < 4.78 is 0.922. The summed E-state index contributed by atoms with van der Waals surface area (Å²) in [7, 11) is 0. The Balaban J connectivity index is 1.79. The molecule has 0 aromatic heterocycles. The molecule has 1 N–H and O–H groups in total. The molecule has 2 nitrogen and oxygen atoms in total. The fourth-order valence-corrected chi connectivity index (χ4v) is 4.65. The van der Waals surface area contributed by atoms with Crippen LogP contribution in [-0.2, 0) is 4.79 Å². The first-order chi connectivity index (χ1) is 9.15. The molecule has 0 spiro atoms. The Morgan fingerprint density at radius 1 is 1.32 bits per heavy atom. The summed E-state index contributed by atoms with van der Waals surface area (Å²) in [6.07, 6.45) is 6.08. The molecule has 2 fully saturated rings. The Morgan fingerprint density at radius 2 is 2.11 bits per heavy atom. The second-order valence-corrected chi connectivity index (χ2v) is 6.94. The van der Waals surface area contributed by atoms with Crippen molar-refractivity contribution < 1.29 is 9.90 Å². The third kappa shape index (κ3) is 2.58. The average molecular weight is 323 g/mol. The van der Waals surface area contributed by atoms with Crippen molar-refractivity contribution in [1.82, 2.24) is 0 Å². The molecule has 4 unspecified atom stereocenters. The average Bonchev–Trinajstić information content (AvgIpc) is 2.99. The zero-order chi connectivity index (χ0) is 13.4. The molecule has 2 saturated carbocycles. The van der Waals surface area contributed by atoms with Gasteiger partial charge in [0.25, 0.3) is 0 Å². The highest BCUT2D eigenvalue weighted by atomic mass is 79.9. The van der Waals surface area contributed by atoms with Gasteiger partial charge in [0.05, 0.1) is 5.92 Å². The smallest absolute Gasteiger partial charge is 0.311 e. The first-order valence-corrected chi connectivity index (χ1v) is 7.91. The molecular formula is C16H19BrO2. The molecule has 1 aromatic rings. The van der Waals surface area contributed by atoms with E-state index in [9.17, 15) is 9.90 Å². The number of benzene rings is 1. The van der Waals surface area contributed by atoms with Crippen LogP contribution in [0, 0.1) is 17.8 Å². The highest BCUT2D eigenvalue weighted by molar-refractivity contribution is 9.10. The Hall–Kier alpha value is -0.830. The van der Waals surface area contributed by atoms with E-state index in [1.54, 1.807) is 0 Å². The number of carboxylic acids is 1. The molecule has 0 heterocycles. The van der Waals surface area contributed by atoms with Gasteiger partial charge in [-0.2, -0.15) is 0 Å². The van der Waals surface area contributed by atoms with Crippen LogP contribution in [0.4, 0.5) is 0 Å². The lowest BCUT2D eigenvalue weighted by molar-refractivity contribution is -0.139. The predicted octanol–water partition coefficient (Wildman–Crippen LogP) is 4.44. The van der Waals surface area contributed by atoms with Gasteiger partial charge >= 0.3 is 5.97 Å². The summed E-state index contributed by atoms with van der Waals surface area (Å²) in [5.74, 6) is 1.24. The van der Waals surface area contributed by atoms with Crippen molar-refractivity contribution in [1.29, 1.82) is 0 Å². The van der Waals surface area contributed by atoms with Crippen LogP contribution in [0.2, 0.25) is 0 Å². The Labute approximate surface area is 122 Å². The fraction of sp³-hybridized carbons (Fsp3) is 0.562. The molecule has 3 rings (SSSR count). The summed E-state index contributed by atoms with van der Waals surface area (Å²) in [5.41, 5.74) is 0.928. The van der Waals surface area contributed by atoms with Crippen molar-refractivity contribution in [3.8, 4) is 0 Å². The largest absolute Gasteiger partial charge is 0.481 e. The van der Waals surface area contributed by atoms with Crippen LogP contribution in [0.15, 0.2) is 28.7 Å². The summed E-state index contributed by atoms with van der Waals surface area (Å²) >= 11 is 3.49. The zero-order valence-corrected chi connectivity index (χ0v) is 12.5. The topological polar surface area (TPSA) is 37.3 Å². The zero-order valence-electron chi connectivity index (χ0n) is 10.9. The van der Waals surface area contributed by atoms with Crippen LogP contribution in [0.3, 0.4) is 0 Å². The normalized spacial score (nSPS) is 30.5. The Bertz CT molecular complexity index is 485. The van der Waals surface area contributed by atoms with Gasteiger partial charge in [-0.3, -0.25) is 4.79 Å². The molecule has 4 atom stereocenters. The van der Waals surface area contributed by atoms with Gasteiger partial charge in [0.1, 0.15) is 0 Å². The molecule has 0 amide bonds. The quantitative estimate of drug-likeness (QED) is 0.889. The van der Waals surface area contributed by atoms with E-state index in [-0.39, 0.29) is 5.92 Å². The van der Waals surface area contributed by atoms with Crippen molar-refractivity contribution >= 4 is 21.9 Å². The van der Waals surface area contributed by atoms with Gasteiger partial charge in [0, 0.05) is 4.47 Å². The molecule has 19 heavy (non-hydrogen) atoms. The number of fused-ring (bicyclic) bond motifs is 2. The van der Waals surface area contributed by atoms with Crippen LogP contribution >= 0.6 is 15.9 Å². The molecule has 0 radical (unpaired) electrons. The second kappa shape index (κ2) is 5.28. The van der Waals surface area contributed by atoms with Gasteiger partial charge in [-0.05, 0) is 55.1 Å². The lowest BCUT2D eigenvalue weighted by Gasteiger charge is -2.25. The van der Waals surface area contributed by atoms with Gasteiger partial charge in [-0.1, -0.05) is 40.5 Å². The van der Waals surface area contributed by atoms with Gasteiger partial charge in [0.2, 0.25) is 0 Å². The van der Waals surface area contributed by atoms with Crippen molar-refractivity contribution in [2.24, 2.45) is 17.8 Å². The van der Waals surface area contributed by atoms with Crippen LogP contribution < -0.4 is 0 Å². The third-order valence-electron chi connectivity index (χ3n) is 5.00. The van der Waals surface area contributed by atoms with E-state index in [2.05, 4.69) is 15.9 Å². The van der Waals surface area contributed by atoms with E-state index in [0.29, 0.717) is 5.92 Å². The van der Waals surface area contributed by atoms with Gasteiger partial charge in [-0.15, -0.1) is 0 Å². The number of hydrogen-bond acceptors (Lipinski definition) is 1. The highest BCUT2D eigenvalue weighted by Crippen LogP contribution is 2.51. The minimum absolute atomic E-state index is 0.361. The van der Waals surface area contributed by atoms with E-state index in [1.165, 1.54) is 25.7 Å². The number of carboxylic acid groups (broad SMARTS) is 1. The van der Waals surface area contributed by atoms with Crippen molar-refractivity contribution in [2.75, 3.05) is 0 Å². The second-order valence-electron chi connectivity index (χ2n) is 6.08. The number of rotatable bonds is 4. The molecular weight excluding hydrogens is 304 g/mol. The monoisotopic (exact) mass is 322 g/mol. The Kier molecular flexibility index (Phi) is 3.66. The van der Waals surface area contributed by atoms with Crippen molar-refractivity contribution in [2.45, 2.75) is 38.0 Å².